The first kappa shape index (κ1) is 11.7. The minimum atomic E-state index is -0.183. The van der Waals surface area contributed by atoms with Gasteiger partial charge in [-0.1, -0.05) is 12.1 Å². The number of hydrogen-bond acceptors (Lipinski definition) is 2. The fraction of sp³-hybridized carbons (Fsp3) is 0. The molecule has 0 spiro atoms. The van der Waals surface area contributed by atoms with Crippen molar-refractivity contribution in [2.45, 2.75) is 0 Å². The first-order valence-electron chi connectivity index (χ1n) is 6.63. The lowest BCUT2D eigenvalue weighted by molar-refractivity contribution is 0.102. The van der Waals surface area contributed by atoms with E-state index in [1.807, 2.05) is 48.7 Å². The third kappa shape index (κ3) is 2.04. The van der Waals surface area contributed by atoms with Gasteiger partial charge in [-0.15, -0.1) is 0 Å². The summed E-state index contributed by atoms with van der Waals surface area (Å²) in [5.74, 6) is 0.271. The van der Waals surface area contributed by atoms with Crippen molar-refractivity contribution in [1.82, 2.24) is 15.0 Å². The molecule has 5 heteroatoms. The van der Waals surface area contributed by atoms with Crippen LogP contribution in [-0.4, -0.2) is 20.9 Å². The lowest BCUT2D eigenvalue weighted by atomic mass is 10.1. The molecular weight excluding hydrogens is 264 g/mol. The second kappa shape index (κ2) is 4.49. The van der Waals surface area contributed by atoms with Gasteiger partial charge in [0.15, 0.2) is 0 Å². The van der Waals surface area contributed by atoms with Gasteiger partial charge in [-0.25, -0.2) is 4.98 Å². The second-order valence-corrected chi connectivity index (χ2v) is 4.84. The van der Waals surface area contributed by atoms with Crippen molar-refractivity contribution in [2.24, 2.45) is 0 Å². The van der Waals surface area contributed by atoms with E-state index in [1.54, 1.807) is 6.07 Å². The molecule has 2 aromatic carbocycles. The highest BCUT2D eigenvalue weighted by molar-refractivity contribution is 6.05. The predicted octanol–water partition coefficient (Wildman–Crippen LogP) is 3.30. The summed E-state index contributed by atoms with van der Waals surface area (Å²) >= 11 is 0. The van der Waals surface area contributed by atoms with Gasteiger partial charge >= 0.3 is 0 Å². The zero-order chi connectivity index (χ0) is 14.2. The van der Waals surface area contributed by atoms with E-state index in [4.69, 9.17) is 0 Å². The van der Waals surface area contributed by atoms with Crippen molar-refractivity contribution in [2.75, 3.05) is 5.32 Å². The molecule has 21 heavy (non-hydrogen) atoms. The second-order valence-electron chi connectivity index (χ2n) is 4.84. The third-order valence-electron chi connectivity index (χ3n) is 3.44. The molecule has 0 saturated heterocycles. The van der Waals surface area contributed by atoms with Gasteiger partial charge in [0.2, 0.25) is 5.95 Å². The number of hydrogen-bond donors (Lipinski definition) is 3. The maximum atomic E-state index is 12.3. The molecule has 5 nitrogen and oxygen atoms in total. The van der Waals surface area contributed by atoms with Gasteiger partial charge in [0, 0.05) is 22.7 Å². The normalized spacial score (nSPS) is 11.0. The molecule has 102 valence electrons. The Labute approximate surface area is 120 Å². The number of nitrogens with one attached hydrogen (secondary N) is 3. The Kier molecular flexibility index (Phi) is 2.50. The number of imidazole rings is 1. The maximum Gasteiger partial charge on any atom is 0.257 e. The standard InChI is InChI=1S/C16H12N4O/c21-15(11-5-6-12-10(9-11)7-8-17-12)20-16-18-13-3-1-2-4-14(13)19-16/h1-9,17H,(H2,18,19,20,21). The highest BCUT2D eigenvalue weighted by Crippen LogP contribution is 2.17. The van der Waals surface area contributed by atoms with Crippen LogP contribution in [0.3, 0.4) is 0 Å². The van der Waals surface area contributed by atoms with Crippen LogP contribution < -0.4 is 5.32 Å². The summed E-state index contributed by atoms with van der Waals surface area (Å²) in [6.07, 6.45) is 1.85. The number of nitrogens with zero attached hydrogens (tertiary/aromatic N) is 1. The fourth-order valence-corrected chi connectivity index (χ4v) is 2.39. The summed E-state index contributed by atoms with van der Waals surface area (Å²) in [5.41, 5.74) is 3.33. The van der Waals surface area contributed by atoms with Crippen LogP contribution in [0.15, 0.2) is 54.7 Å². The molecule has 3 N–H and O–H groups in total. The van der Waals surface area contributed by atoms with Crippen LogP contribution in [-0.2, 0) is 0 Å². The number of carbonyl (C=O) groups excluding carboxylic acids is 1. The minimum absolute atomic E-state index is 0.183. The van der Waals surface area contributed by atoms with E-state index < -0.39 is 0 Å². The van der Waals surface area contributed by atoms with Gasteiger partial charge < -0.3 is 9.97 Å². The molecule has 0 aliphatic rings. The number of benzene rings is 2. The van der Waals surface area contributed by atoms with Gasteiger partial charge in [0.25, 0.3) is 5.91 Å². The molecule has 0 radical (unpaired) electrons. The van der Waals surface area contributed by atoms with Crippen LogP contribution in [0.4, 0.5) is 5.95 Å². The Morgan fingerprint density at radius 3 is 2.86 bits per heavy atom. The average Bonchev–Trinajstić information content (AvgIpc) is 3.11. The highest BCUT2D eigenvalue weighted by atomic mass is 16.1. The predicted molar refractivity (Wildman–Crippen MR) is 82.3 cm³/mol. The van der Waals surface area contributed by atoms with Crippen LogP contribution in [0.1, 0.15) is 10.4 Å². The number of amides is 1. The van der Waals surface area contributed by atoms with Crippen molar-refractivity contribution in [1.29, 1.82) is 0 Å². The molecule has 0 bridgehead atoms. The van der Waals surface area contributed by atoms with E-state index in [0.717, 1.165) is 21.9 Å². The fourth-order valence-electron chi connectivity index (χ4n) is 2.39. The number of anilines is 1. The van der Waals surface area contributed by atoms with Crippen molar-refractivity contribution in [3.05, 3.63) is 60.3 Å². The zero-order valence-electron chi connectivity index (χ0n) is 11.1. The Morgan fingerprint density at radius 1 is 1.05 bits per heavy atom. The number of aromatic amines is 2. The van der Waals surface area contributed by atoms with E-state index in [9.17, 15) is 4.79 Å². The van der Waals surface area contributed by atoms with Gasteiger partial charge in [0.05, 0.1) is 11.0 Å². The Morgan fingerprint density at radius 2 is 1.95 bits per heavy atom. The molecule has 0 saturated carbocycles. The van der Waals surface area contributed by atoms with E-state index in [0.29, 0.717) is 11.5 Å². The Hall–Kier alpha value is -3.08. The molecule has 1 amide bonds. The summed E-state index contributed by atoms with van der Waals surface area (Å²) < 4.78 is 0. The lowest BCUT2D eigenvalue weighted by Gasteiger charge is -2.02. The number of aromatic nitrogens is 3. The average molecular weight is 276 g/mol. The summed E-state index contributed by atoms with van der Waals surface area (Å²) in [7, 11) is 0. The van der Waals surface area contributed by atoms with Crippen LogP contribution in [0.2, 0.25) is 0 Å². The monoisotopic (exact) mass is 276 g/mol. The van der Waals surface area contributed by atoms with Gasteiger partial charge in [-0.2, -0.15) is 0 Å². The first-order chi connectivity index (χ1) is 10.3. The topological polar surface area (TPSA) is 73.6 Å². The van der Waals surface area contributed by atoms with Crippen molar-refractivity contribution in [3.63, 3.8) is 0 Å². The molecule has 0 aliphatic heterocycles. The molecule has 4 rings (SSSR count). The van der Waals surface area contributed by atoms with Crippen LogP contribution in [0, 0.1) is 0 Å². The zero-order valence-corrected chi connectivity index (χ0v) is 11.1. The third-order valence-corrected chi connectivity index (χ3v) is 3.44. The largest absolute Gasteiger partial charge is 0.361 e. The number of carbonyl (C=O) groups is 1. The number of para-hydroxylation sites is 2. The molecular formula is C16H12N4O. The summed E-state index contributed by atoms with van der Waals surface area (Å²) in [5, 5.41) is 3.80. The molecule has 0 unspecified atom stereocenters. The van der Waals surface area contributed by atoms with Gasteiger partial charge in [0.1, 0.15) is 0 Å². The molecule has 0 atom stereocenters. The smallest absolute Gasteiger partial charge is 0.257 e. The number of fused-ring (bicyclic) bond motifs is 2. The quantitative estimate of drug-likeness (QED) is 0.525. The summed E-state index contributed by atoms with van der Waals surface area (Å²) in [6.45, 7) is 0. The minimum Gasteiger partial charge on any atom is -0.361 e. The molecule has 2 aromatic heterocycles. The lowest BCUT2D eigenvalue weighted by Crippen LogP contribution is -2.12. The van der Waals surface area contributed by atoms with Gasteiger partial charge in [-0.3, -0.25) is 10.1 Å². The van der Waals surface area contributed by atoms with Gasteiger partial charge in [-0.05, 0) is 36.4 Å². The summed E-state index contributed by atoms with van der Waals surface area (Å²) in [4.78, 5) is 22.8. The molecule has 4 aromatic rings. The van der Waals surface area contributed by atoms with Crippen LogP contribution in [0.5, 0.6) is 0 Å². The summed E-state index contributed by atoms with van der Waals surface area (Å²) in [6, 6.07) is 15.1. The van der Waals surface area contributed by atoms with Crippen molar-refractivity contribution < 1.29 is 4.79 Å². The van der Waals surface area contributed by atoms with Crippen molar-refractivity contribution in [3.8, 4) is 0 Å². The molecule has 0 aliphatic carbocycles. The number of H-pyrrole nitrogens is 2. The van der Waals surface area contributed by atoms with E-state index in [-0.39, 0.29) is 5.91 Å². The van der Waals surface area contributed by atoms with Crippen molar-refractivity contribution >= 4 is 33.8 Å². The van der Waals surface area contributed by atoms with Crippen LogP contribution in [0.25, 0.3) is 21.9 Å². The first-order valence-corrected chi connectivity index (χ1v) is 6.63. The Balaban J connectivity index is 1.64. The van der Waals surface area contributed by atoms with E-state index >= 15 is 0 Å². The maximum absolute atomic E-state index is 12.3. The number of rotatable bonds is 2. The van der Waals surface area contributed by atoms with E-state index in [2.05, 4.69) is 20.3 Å². The SMILES string of the molecule is O=C(Nc1nc2ccccc2[nH]1)c1ccc2[nH]ccc2c1. The van der Waals surface area contributed by atoms with Crippen LogP contribution >= 0.6 is 0 Å². The van der Waals surface area contributed by atoms with E-state index in [1.165, 1.54) is 0 Å². The highest BCUT2D eigenvalue weighted by Gasteiger charge is 2.10. The molecule has 2 heterocycles. The molecule has 0 fully saturated rings. The Bertz CT molecular complexity index is 918.